The van der Waals surface area contributed by atoms with Crippen molar-refractivity contribution in [2.75, 3.05) is 26.2 Å². The molecule has 0 amide bonds. The molecule has 5 rings (SSSR count). The molecule has 1 aliphatic heterocycles. The monoisotopic (exact) mass is 628 g/mol. The van der Waals surface area contributed by atoms with Crippen molar-refractivity contribution >= 4 is 18.6 Å². The summed E-state index contributed by atoms with van der Waals surface area (Å²) in [6.07, 6.45) is -5.12. The van der Waals surface area contributed by atoms with Gasteiger partial charge in [-0.25, -0.2) is 4.79 Å². The minimum absolute atomic E-state index is 0.00291. The van der Waals surface area contributed by atoms with Crippen LogP contribution in [-0.4, -0.2) is 54.4 Å². The van der Waals surface area contributed by atoms with Crippen molar-refractivity contribution in [3.8, 4) is 11.5 Å². The van der Waals surface area contributed by atoms with Gasteiger partial charge in [-0.05, 0) is 70.3 Å². The van der Waals surface area contributed by atoms with Crippen LogP contribution in [0.2, 0.25) is 0 Å². The highest BCUT2D eigenvalue weighted by Crippen LogP contribution is 2.48. The number of carboxylic acid groups (broad SMARTS) is 1. The maximum atomic E-state index is 12.9. The van der Waals surface area contributed by atoms with Gasteiger partial charge >= 0.3 is 12.1 Å². The maximum Gasteiger partial charge on any atom is 0.416 e. The van der Waals surface area contributed by atoms with Gasteiger partial charge in [-0.15, -0.1) is 0 Å². The summed E-state index contributed by atoms with van der Waals surface area (Å²) in [5, 5.41) is 13.0. The zero-order valence-electron chi connectivity index (χ0n) is 25.1. The van der Waals surface area contributed by atoms with Crippen LogP contribution in [0.15, 0.2) is 72.8 Å². The molecule has 1 heterocycles. The van der Waals surface area contributed by atoms with Gasteiger partial charge in [-0.3, -0.25) is 4.90 Å². The van der Waals surface area contributed by atoms with Gasteiger partial charge in [-0.1, -0.05) is 57.2 Å². The lowest BCUT2D eigenvalue weighted by Crippen LogP contribution is -2.34. The Bertz CT molecular complexity index is 1400. The number of alkyl halides is 3. The molecule has 2 aliphatic rings. The first-order valence-electron chi connectivity index (χ1n) is 14.8. The molecular formula is C34H39F3N2O4S. The van der Waals surface area contributed by atoms with E-state index >= 15 is 0 Å². The van der Waals surface area contributed by atoms with Crippen LogP contribution in [0, 0.1) is 11.8 Å². The number of carboxylic acids is 1. The lowest BCUT2D eigenvalue weighted by molar-refractivity contribution is -0.145. The predicted octanol–water partition coefficient (Wildman–Crippen LogP) is 6.60. The van der Waals surface area contributed by atoms with Crippen molar-refractivity contribution in [1.29, 1.82) is 0 Å². The summed E-state index contributed by atoms with van der Waals surface area (Å²) >= 11 is 4.68. The van der Waals surface area contributed by atoms with Gasteiger partial charge in [-0.2, -0.15) is 25.8 Å². The second kappa shape index (κ2) is 13.0. The highest BCUT2D eigenvalue weighted by Gasteiger charge is 2.56. The SMILES string of the molecule is CC(C)(C)c1ccc(O[C@@H](Cc2ccc(OCCNC3C4CN(C(S)c5ccc(C(F)(F)F)cc5)C[C@@H]43)cc2)C(=O)O)cc1. The Morgan fingerprint density at radius 1 is 0.932 bits per heavy atom. The number of nitrogens with one attached hydrogen (secondary N) is 1. The Labute approximate surface area is 262 Å². The third kappa shape index (κ3) is 7.89. The van der Waals surface area contributed by atoms with Crippen molar-refractivity contribution in [3.63, 3.8) is 0 Å². The first-order valence-corrected chi connectivity index (χ1v) is 15.4. The second-order valence-electron chi connectivity index (χ2n) is 12.7. The lowest BCUT2D eigenvalue weighted by Gasteiger charge is -2.26. The Morgan fingerprint density at radius 2 is 1.50 bits per heavy atom. The number of benzene rings is 3. The maximum absolute atomic E-state index is 12.9. The standard InChI is InChI=1S/C34H39F3N2O4S/c1-33(2,3)23-10-14-26(15-11-23)43-29(32(40)41)18-21-4-12-25(13-5-21)42-17-16-38-30-27-19-39(20-28(27)30)31(44)22-6-8-24(9-7-22)34(35,36)37/h4-15,27-31,38,44H,16-20H2,1-3H3,(H,40,41)/t27-,28?,29-,30?,31?/m0/s1. The molecule has 0 spiro atoms. The van der Waals surface area contributed by atoms with Gasteiger partial charge in [0.1, 0.15) is 18.1 Å². The number of aliphatic carboxylic acids is 1. The first-order chi connectivity index (χ1) is 20.8. The third-order valence-electron chi connectivity index (χ3n) is 8.47. The number of carbonyl (C=O) groups is 1. The van der Waals surface area contributed by atoms with Crippen LogP contribution in [0.3, 0.4) is 0 Å². The summed E-state index contributed by atoms with van der Waals surface area (Å²) in [7, 11) is 0. The fourth-order valence-electron chi connectivity index (χ4n) is 5.82. The van der Waals surface area contributed by atoms with Crippen LogP contribution in [0.4, 0.5) is 13.2 Å². The summed E-state index contributed by atoms with van der Waals surface area (Å²) in [5.41, 5.74) is 2.11. The Balaban J connectivity index is 1.01. The smallest absolute Gasteiger partial charge is 0.416 e. The van der Waals surface area contributed by atoms with Crippen LogP contribution in [-0.2, 0) is 22.8 Å². The normalized spacial score (nSPS) is 21.4. The van der Waals surface area contributed by atoms with Crippen molar-refractivity contribution in [2.24, 2.45) is 11.8 Å². The van der Waals surface area contributed by atoms with E-state index in [2.05, 4.69) is 43.6 Å². The molecular weight excluding hydrogens is 589 g/mol. The van der Waals surface area contributed by atoms with E-state index in [1.54, 1.807) is 0 Å². The number of piperidine rings is 1. The molecule has 6 nitrogen and oxygen atoms in total. The van der Waals surface area contributed by atoms with E-state index in [1.165, 1.54) is 12.1 Å². The van der Waals surface area contributed by atoms with Crippen molar-refractivity contribution in [1.82, 2.24) is 10.2 Å². The molecule has 5 atom stereocenters. The average Bonchev–Trinajstić information content (AvgIpc) is 3.42. The molecule has 1 aliphatic carbocycles. The van der Waals surface area contributed by atoms with E-state index < -0.39 is 23.8 Å². The number of hydrogen-bond donors (Lipinski definition) is 3. The number of fused-ring (bicyclic) bond motifs is 1. The second-order valence-corrected chi connectivity index (χ2v) is 13.2. The van der Waals surface area contributed by atoms with Crippen molar-refractivity contribution in [3.05, 3.63) is 95.1 Å². The van der Waals surface area contributed by atoms with E-state index in [4.69, 9.17) is 9.47 Å². The number of rotatable bonds is 12. The minimum Gasteiger partial charge on any atom is -0.492 e. The van der Waals surface area contributed by atoms with E-state index in [-0.39, 0.29) is 17.2 Å². The fourth-order valence-corrected chi connectivity index (χ4v) is 6.18. The molecule has 1 saturated heterocycles. The molecule has 0 bridgehead atoms. The van der Waals surface area contributed by atoms with Gasteiger partial charge in [0.2, 0.25) is 0 Å². The highest BCUT2D eigenvalue weighted by molar-refractivity contribution is 7.80. The molecule has 2 fully saturated rings. The van der Waals surface area contributed by atoms with E-state index in [0.717, 1.165) is 41.9 Å². The van der Waals surface area contributed by atoms with Gasteiger partial charge < -0.3 is 19.9 Å². The number of likely N-dealkylation sites (tertiary alicyclic amines) is 1. The van der Waals surface area contributed by atoms with Crippen molar-refractivity contribution in [2.45, 2.75) is 56.3 Å². The Morgan fingerprint density at radius 3 is 2.05 bits per heavy atom. The van der Waals surface area contributed by atoms with E-state index in [1.807, 2.05) is 48.5 Å². The summed E-state index contributed by atoms with van der Waals surface area (Å²) in [6, 6.07) is 20.6. The molecule has 0 radical (unpaired) electrons. The molecule has 44 heavy (non-hydrogen) atoms. The van der Waals surface area contributed by atoms with Crippen LogP contribution < -0.4 is 14.8 Å². The summed E-state index contributed by atoms with van der Waals surface area (Å²) < 4.78 is 50.2. The lowest BCUT2D eigenvalue weighted by atomic mass is 9.87. The molecule has 3 aromatic carbocycles. The summed E-state index contributed by atoms with van der Waals surface area (Å²) in [4.78, 5) is 14.1. The van der Waals surface area contributed by atoms with Crippen LogP contribution in [0.1, 0.15) is 48.4 Å². The Hall–Kier alpha value is -3.21. The zero-order chi connectivity index (χ0) is 31.6. The molecule has 10 heteroatoms. The fraction of sp³-hybridized carbons (Fsp3) is 0.441. The average molecular weight is 629 g/mol. The van der Waals surface area contributed by atoms with Crippen molar-refractivity contribution < 1.29 is 32.5 Å². The topological polar surface area (TPSA) is 71.0 Å². The first kappa shape index (κ1) is 32.2. The van der Waals surface area contributed by atoms with Crippen LogP contribution >= 0.6 is 12.6 Å². The number of nitrogens with zero attached hydrogens (tertiary/aromatic N) is 1. The van der Waals surface area contributed by atoms with E-state index in [0.29, 0.717) is 42.5 Å². The Kier molecular flexibility index (Phi) is 9.53. The predicted molar refractivity (Wildman–Crippen MR) is 166 cm³/mol. The van der Waals surface area contributed by atoms with Gasteiger partial charge in [0.05, 0.1) is 10.9 Å². The van der Waals surface area contributed by atoms with E-state index in [9.17, 15) is 23.1 Å². The minimum atomic E-state index is -4.34. The summed E-state index contributed by atoms with van der Waals surface area (Å²) in [6.45, 7) is 9.24. The molecule has 236 valence electrons. The highest BCUT2D eigenvalue weighted by atomic mass is 32.1. The molecule has 2 N–H and O–H groups in total. The molecule has 3 aromatic rings. The number of thiol groups is 1. The zero-order valence-corrected chi connectivity index (χ0v) is 25.9. The number of halogens is 3. The molecule has 0 aromatic heterocycles. The quantitative estimate of drug-likeness (QED) is 0.155. The van der Waals surface area contributed by atoms with Gasteiger partial charge in [0, 0.05) is 32.1 Å². The van der Waals surface area contributed by atoms with Gasteiger partial charge in [0.15, 0.2) is 6.10 Å². The molecule has 3 unspecified atom stereocenters. The molecule has 1 saturated carbocycles. The number of hydrogen-bond acceptors (Lipinski definition) is 6. The summed E-state index contributed by atoms with van der Waals surface area (Å²) in [5.74, 6) is 1.21. The number of ether oxygens (including phenoxy) is 2. The largest absolute Gasteiger partial charge is 0.492 e. The third-order valence-corrected chi connectivity index (χ3v) is 9.10. The van der Waals surface area contributed by atoms with Crippen LogP contribution in [0.25, 0.3) is 0 Å². The van der Waals surface area contributed by atoms with Gasteiger partial charge in [0.25, 0.3) is 0 Å². The van der Waals surface area contributed by atoms with Crippen LogP contribution in [0.5, 0.6) is 11.5 Å².